The van der Waals surface area contributed by atoms with Gasteiger partial charge >= 0.3 is 0 Å². The first-order chi connectivity index (χ1) is 11.8. The van der Waals surface area contributed by atoms with Crippen LogP contribution in [0.2, 0.25) is 0 Å². The second kappa shape index (κ2) is 7.75. The number of nitrogens with one attached hydrogen (secondary N) is 2. The first-order valence-electron chi connectivity index (χ1n) is 7.09. The summed E-state index contributed by atoms with van der Waals surface area (Å²) < 4.78 is 38.7. The normalized spacial score (nSPS) is 10.9. The molecule has 0 saturated carbocycles. The van der Waals surface area contributed by atoms with Gasteiger partial charge in [0.15, 0.2) is 0 Å². The van der Waals surface area contributed by atoms with Crippen molar-refractivity contribution in [2.45, 2.75) is 11.8 Å². The molecular weight excluding hydrogens is 412 g/mol. The number of anilines is 2. The molecule has 2 rings (SSSR count). The van der Waals surface area contributed by atoms with Crippen molar-refractivity contribution >= 4 is 43.2 Å². The van der Waals surface area contributed by atoms with Crippen LogP contribution in [-0.4, -0.2) is 28.5 Å². The minimum Gasteiger partial charge on any atom is -0.495 e. The lowest BCUT2D eigenvalue weighted by Gasteiger charge is -2.14. The summed E-state index contributed by atoms with van der Waals surface area (Å²) in [7, 11) is -1.05. The SMILES string of the molecule is COc1ccc(NS(=O)(=O)c2cc(Br)ccc2OC)cc1NC(C)=O. The number of halogens is 1. The van der Waals surface area contributed by atoms with Crippen LogP contribution in [0.5, 0.6) is 11.5 Å². The van der Waals surface area contributed by atoms with Crippen LogP contribution >= 0.6 is 15.9 Å². The highest BCUT2D eigenvalue weighted by molar-refractivity contribution is 9.10. The summed E-state index contributed by atoms with van der Waals surface area (Å²) in [6.45, 7) is 1.35. The van der Waals surface area contributed by atoms with Crippen LogP contribution in [0.15, 0.2) is 45.8 Å². The number of carbonyl (C=O) groups is 1. The number of rotatable bonds is 6. The number of hydrogen-bond acceptors (Lipinski definition) is 5. The second-order valence-corrected chi connectivity index (χ2v) is 7.56. The molecule has 0 aromatic heterocycles. The van der Waals surface area contributed by atoms with Crippen LogP contribution in [0, 0.1) is 0 Å². The monoisotopic (exact) mass is 428 g/mol. The number of amides is 1. The van der Waals surface area contributed by atoms with E-state index >= 15 is 0 Å². The lowest BCUT2D eigenvalue weighted by molar-refractivity contribution is -0.114. The number of sulfonamides is 1. The summed E-state index contributed by atoms with van der Waals surface area (Å²) in [4.78, 5) is 11.3. The third-order valence-corrected chi connectivity index (χ3v) is 5.07. The molecule has 25 heavy (non-hydrogen) atoms. The Kier molecular flexibility index (Phi) is 5.91. The summed E-state index contributed by atoms with van der Waals surface area (Å²) >= 11 is 3.25. The summed E-state index contributed by atoms with van der Waals surface area (Å²) in [6, 6.07) is 9.24. The molecule has 2 aromatic carbocycles. The van der Waals surface area contributed by atoms with E-state index < -0.39 is 10.0 Å². The summed E-state index contributed by atoms with van der Waals surface area (Å²) in [5.74, 6) is 0.330. The van der Waals surface area contributed by atoms with E-state index in [0.717, 1.165) is 0 Å². The van der Waals surface area contributed by atoms with Crippen LogP contribution in [0.3, 0.4) is 0 Å². The quantitative estimate of drug-likeness (QED) is 0.736. The highest BCUT2D eigenvalue weighted by Gasteiger charge is 2.21. The molecule has 0 atom stereocenters. The Bertz CT molecular complexity index is 899. The number of hydrogen-bond donors (Lipinski definition) is 2. The Morgan fingerprint density at radius 3 is 2.28 bits per heavy atom. The van der Waals surface area contributed by atoms with Crippen LogP contribution < -0.4 is 19.5 Å². The first-order valence-corrected chi connectivity index (χ1v) is 9.36. The predicted octanol–water partition coefficient (Wildman–Crippen LogP) is 3.23. The van der Waals surface area contributed by atoms with Gasteiger partial charge in [-0.1, -0.05) is 15.9 Å². The smallest absolute Gasteiger partial charge is 0.265 e. The standard InChI is InChI=1S/C16H17BrN2O5S/c1-10(20)18-13-9-12(5-7-14(13)23-2)19-25(21,22)16-8-11(17)4-6-15(16)24-3/h4-9,19H,1-3H3,(H,18,20). The van der Waals surface area contributed by atoms with Crippen molar-refractivity contribution in [1.82, 2.24) is 0 Å². The molecule has 1 amide bonds. The van der Waals surface area contributed by atoms with E-state index in [1.807, 2.05) is 0 Å². The molecule has 0 spiro atoms. The van der Waals surface area contributed by atoms with Gasteiger partial charge < -0.3 is 14.8 Å². The van der Waals surface area contributed by atoms with Gasteiger partial charge in [0.2, 0.25) is 5.91 Å². The molecule has 7 nitrogen and oxygen atoms in total. The fourth-order valence-electron chi connectivity index (χ4n) is 2.13. The van der Waals surface area contributed by atoms with Crippen molar-refractivity contribution in [3.63, 3.8) is 0 Å². The molecule has 0 unspecified atom stereocenters. The van der Waals surface area contributed by atoms with Crippen LogP contribution in [0.4, 0.5) is 11.4 Å². The first kappa shape index (κ1) is 19.1. The van der Waals surface area contributed by atoms with Gasteiger partial charge in [0.25, 0.3) is 10.0 Å². The number of benzene rings is 2. The van der Waals surface area contributed by atoms with E-state index in [9.17, 15) is 13.2 Å². The Labute approximate surface area is 154 Å². The predicted molar refractivity (Wildman–Crippen MR) is 98.8 cm³/mol. The van der Waals surface area contributed by atoms with E-state index in [4.69, 9.17) is 9.47 Å². The summed E-state index contributed by atoms with van der Waals surface area (Å²) in [5, 5.41) is 2.59. The third kappa shape index (κ3) is 4.64. The largest absolute Gasteiger partial charge is 0.495 e. The van der Waals surface area contributed by atoms with Gasteiger partial charge in [0.1, 0.15) is 16.4 Å². The fourth-order valence-corrected chi connectivity index (χ4v) is 3.89. The molecule has 0 radical (unpaired) electrons. The highest BCUT2D eigenvalue weighted by atomic mass is 79.9. The van der Waals surface area contributed by atoms with Gasteiger partial charge in [0.05, 0.1) is 25.6 Å². The van der Waals surface area contributed by atoms with Gasteiger partial charge in [-0.25, -0.2) is 8.42 Å². The average molecular weight is 429 g/mol. The molecular formula is C16H17BrN2O5S. The zero-order valence-electron chi connectivity index (χ0n) is 13.8. The minimum absolute atomic E-state index is 0.0127. The molecule has 9 heteroatoms. The third-order valence-electron chi connectivity index (χ3n) is 3.18. The molecule has 2 aromatic rings. The molecule has 0 bridgehead atoms. The van der Waals surface area contributed by atoms with E-state index in [1.165, 1.54) is 39.3 Å². The zero-order chi connectivity index (χ0) is 18.6. The number of carbonyl (C=O) groups excluding carboxylic acids is 1. The maximum atomic E-state index is 12.7. The van der Waals surface area contributed by atoms with E-state index in [-0.39, 0.29) is 22.2 Å². The second-order valence-electron chi connectivity index (χ2n) is 5.00. The summed E-state index contributed by atoms with van der Waals surface area (Å²) in [5.41, 5.74) is 0.628. The van der Waals surface area contributed by atoms with Crippen molar-refractivity contribution in [1.29, 1.82) is 0 Å². The van der Waals surface area contributed by atoms with Gasteiger partial charge in [0, 0.05) is 11.4 Å². The summed E-state index contributed by atoms with van der Waals surface area (Å²) in [6.07, 6.45) is 0. The molecule has 0 aliphatic heterocycles. The lowest BCUT2D eigenvalue weighted by atomic mass is 10.2. The minimum atomic E-state index is -3.90. The molecule has 0 fully saturated rings. The maximum absolute atomic E-state index is 12.7. The van der Waals surface area contributed by atoms with Gasteiger partial charge in [-0.2, -0.15) is 0 Å². The lowest BCUT2D eigenvalue weighted by Crippen LogP contribution is -2.15. The van der Waals surface area contributed by atoms with Crippen molar-refractivity contribution < 1.29 is 22.7 Å². The Morgan fingerprint density at radius 1 is 1.04 bits per heavy atom. The highest BCUT2D eigenvalue weighted by Crippen LogP contribution is 2.32. The van der Waals surface area contributed by atoms with Gasteiger partial charge in [-0.15, -0.1) is 0 Å². The molecule has 134 valence electrons. The Hall–Kier alpha value is -2.26. The van der Waals surface area contributed by atoms with E-state index in [2.05, 4.69) is 26.0 Å². The average Bonchev–Trinajstić information content (AvgIpc) is 2.54. The van der Waals surface area contributed by atoms with Crippen molar-refractivity contribution in [3.8, 4) is 11.5 Å². The van der Waals surface area contributed by atoms with Gasteiger partial charge in [-0.05, 0) is 36.4 Å². The van der Waals surface area contributed by atoms with Crippen LogP contribution in [0.25, 0.3) is 0 Å². The van der Waals surface area contributed by atoms with Crippen molar-refractivity contribution in [2.24, 2.45) is 0 Å². The Balaban J connectivity index is 2.41. The topological polar surface area (TPSA) is 93.7 Å². The van der Waals surface area contributed by atoms with Crippen molar-refractivity contribution in [3.05, 3.63) is 40.9 Å². The van der Waals surface area contributed by atoms with Crippen molar-refractivity contribution in [2.75, 3.05) is 24.3 Å². The molecule has 0 aliphatic rings. The zero-order valence-corrected chi connectivity index (χ0v) is 16.2. The Morgan fingerprint density at radius 2 is 1.68 bits per heavy atom. The number of methoxy groups -OCH3 is 2. The molecule has 0 aliphatic carbocycles. The van der Waals surface area contributed by atoms with Gasteiger partial charge in [-0.3, -0.25) is 9.52 Å². The fraction of sp³-hybridized carbons (Fsp3) is 0.188. The molecule has 0 heterocycles. The maximum Gasteiger partial charge on any atom is 0.265 e. The van der Waals surface area contributed by atoms with E-state index in [0.29, 0.717) is 15.9 Å². The number of ether oxygens (including phenoxy) is 2. The van der Waals surface area contributed by atoms with E-state index in [1.54, 1.807) is 18.2 Å². The molecule has 0 saturated heterocycles. The van der Waals surface area contributed by atoms with Crippen LogP contribution in [-0.2, 0) is 14.8 Å². The van der Waals surface area contributed by atoms with Crippen LogP contribution in [0.1, 0.15) is 6.92 Å². The molecule has 2 N–H and O–H groups in total.